The maximum atomic E-state index is 10.0. The Morgan fingerprint density at radius 1 is 1.47 bits per heavy atom. The Balaban J connectivity index is 0.00000256. The Morgan fingerprint density at radius 2 is 2.24 bits per heavy atom. The van der Waals surface area contributed by atoms with Crippen molar-refractivity contribution in [2.45, 2.75) is 31.9 Å². The van der Waals surface area contributed by atoms with E-state index in [9.17, 15) is 4.79 Å². The summed E-state index contributed by atoms with van der Waals surface area (Å²) in [6.45, 7) is 6.33. The van der Waals surface area contributed by atoms with Gasteiger partial charge >= 0.3 is 0 Å². The summed E-state index contributed by atoms with van der Waals surface area (Å²) in [5.41, 5.74) is 6.00. The lowest BCUT2D eigenvalue weighted by molar-refractivity contribution is -0.129. The van der Waals surface area contributed by atoms with Crippen LogP contribution >= 0.6 is 12.4 Å². The van der Waals surface area contributed by atoms with Crippen molar-refractivity contribution in [3.05, 3.63) is 0 Å². The molecule has 1 aliphatic heterocycles. The lowest BCUT2D eigenvalue weighted by Crippen LogP contribution is -2.52. The summed E-state index contributed by atoms with van der Waals surface area (Å²) in [5.74, 6) is 0. The molecule has 1 saturated heterocycles. The smallest absolute Gasteiger partial charge is 0.293 e. The third-order valence-corrected chi connectivity index (χ3v) is 2.82. The van der Waals surface area contributed by atoms with Crippen molar-refractivity contribution in [1.82, 2.24) is 4.90 Å². The summed E-state index contributed by atoms with van der Waals surface area (Å²) in [6, 6.07) is 0.134. The topological polar surface area (TPSA) is 64.8 Å². The van der Waals surface area contributed by atoms with Gasteiger partial charge in [-0.3, -0.25) is 9.69 Å². The molecule has 0 amide bonds. The Hall–Kier alpha value is -0.360. The fourth-order valence-electron chi connectivity index (χ4n) is 1.88. The molecule has 0 aliphatic carbocycles. The molecule has 0 aromatic carbocycles. The van der Waals surface area contributed by atoms with E-state index in [1.54, 1.807) is 0 Å². The first-order valence-corrected chi connectivity index (χ1v) is 5.92. The monoisotopic (exact) mass is 266 g/mol. The number of nitrogens with zero attached hydrogens (tertiary/aromatic N) is 1. The minimum Gasteiger partial charge on any atom is -0.467 e. The molecule has 5 nitrogen and oxygen atoms in total. The second kappa shape index (κ2) is 9.65. The molecule has 1 aliphatic rings. The van der Waals surface area contributed by atoms with Crippen molar-refractivity contribution in [2.24, 2.45) is 5.73 Å². The maximum Gasteiger partial charge on any atom is 0.293 e. The number of carbonyl (C=O) groups is 1. The molecule has 1 rings (SSSR count). The van der Waals surface area contributed by atoms with Crippen LogP contribution in [0.2, 0.25) is 0 Å². The van der Waals surface area contributed by atoms with Gasteiger partial charge in [-0.2, -0.15) is 0 Å². The fraction of sp³-hybridized carbons (Fsp3) is 0.909. The summed E-state index contributed by atoms with van der Waals surface area (Å²) in [4.78, 5) is 12.2. The van der Waals surface area contributed by atoms with Crippen molar-refractivity contribution in [2.75, 3.05) is 32.8 Å². The number of piperidine rings is 1. The van der Waals surface area contributed by atoms with Crippen molar-refractivity contribution in [3.63, 3.8) is 0 Å². The van der Waals surface area contributed by atoms with Gasteiger partial charge in [-0.05, 0) is 19.4 Å². The van der Waals surface area contributed by atoms with Gasteiger partial charge in [-0.15, -0.1) is 12.4 Å². The molecular weight excluding hydrogens is 244 g/mol. The zero-order valence-corrected chi connectivity index (χ0v) is 11.2. The normalized spacial score (nSPS) is 25.1. The van der Waals surface area contributed by atoms with E-state index in [2.05, 4.69) is 16.6 Å². The lowest BCUT2D eigenvalue weighted by atomic mass is 10.0. The zero-order valence-electron chi connectivity index (χ0n) is 10.3. The SMILES string of the molecule is CCCOC1CN(CCOC=O)CCC1N.Cl. The number of nitrogens with two attached hydrogens (primary N) is 1. The first-order chi connectivity index (χ1) is 7.77. The Bertz CT molecular complexity index is 207. The van der Waals surface area contributed by atoms with E-state index in [1.165, 1.54) is 0 Å². The van der Waals surface area contributed by atoms with Crippen LogP contribution < -0.4 is 5.73 Å². The third kappa shape index (κ3) is 6.21. The van der Waals surface area contributed by atoms with E-state index in [1.807, 2.05) is 0 Å². The van der Waals surface area contributed by atoms with Gasteiger partial charge in [0.1, 0.15) is 6.61 Å². The maximum absolute atomic E-state index is 10.0. The molecule has 2 atom stereocenters. The molecule has 6 heteroatoms. The first kappa shape index (κ1) is 16.6. The van der Waals surface area contributed by atoms with Crippen LogP contribution in [0, 0.1) is 0 Å². The molecule has 2 unspecified atom stereocenters. The molecule has 0 radical (unpaired) electrons. The highest BCUT2D eigenvalue weighted by Crippen LogP contribution is 2.12. The van der Waals surface area contributed by atoms with E-state index >= 15 is 0 Å². The average molecular weight is 267 g/mol. The van der Waals surface area contributed by atoms with Gasteiger partial charge in [0.25, 0.3) is 6.47 Å². The number of carbonyl (C=O) groups excluding carboxylic acids is 1. The molecule has 102 valence electrons. The van der Waals surface area contributed by atoms with Crippen LogP contribution in [0.1, 0.15) is 19.8 Å². The number of likely N-dealkylation sites (tertiary alicyclic amines) is 1. The van der Waals surface area contributed by atoms with Crippen LogP contribution in [0.3, 0.4) is 0 Å². The van der Waals surface area contributed by atoms with E-state index in [-0.39, 0.29) is 24.6 Å². The van der Waals surface area contributed by atoms with Gasteiger partial charge in [0.05, 0.1) is 6.10 Å². The highest BCUT2D eigenvalue weighted by Gasteiger charge is 2.26. The summed E-state index contributed by atoms with van der Waals surface area (Å²) < 4.78 is 10.4. The molecule has 1 heterocycles. The van der Waals surface area contributed by atoms with Crippen LogP contribution in [0.4, 0.5) is 0 Å². The largest absolute Gasteiger partial charge is 0.467 e. The van der Waals surface area contributed by atoms with Crippen LogP contribution in [0.5, 0.6) is 0 Å². The molecule has 0 saturated carbocycles. The third-order valence-electron chi connectivity index (χ3n) is 2.82. The fourth-order valence-corrected chi connectivity index (χ4v) is 1.88. The average Bonchev–Trinajstić information content (AvgIpc) is 2.30. The summed E-state index contributed by atoms with van der Waals surface area (Å²) in [6.07, 6.45) is 2.07. The van der Waals surface area contributed by atoms with Crippen molar-refractivity contribution >= 4 is 18.9 Å². The quantitative estimate of drug-likeness (QED) is 0.534. The van der Waals surface area contributed by atoms with Gasteiger partial charge < -0.3 is 15.2 Å². The molecule has 1 fully saturated rings. The van der Waals surface area contributed by atoms with Crippen molar-refractivity contribution in [3.8, 4) is 0 Å². The van der Waals surface area contributed by atoms with Gasteiger partial charge in [0.2, 0.25) is 0 Å². The Kier molecular flexibility index (Phi) is 9.44. The highest BCUT2D eigenvalue weighted by molar-refractivity contribution is 5.85. The molecule has 0 aromatic rings. The number of halogens is 1. The molecule has 17 heavy (non-hydrogen) atoms. The first-order valence-electron chi connectivity index (χ1n) is 5.92. The predicted molar refractivity (Wildman–Crippen MR) is 68.3 cm³/mol. The van der Waals surface area contributed by atoms with E-state index in [4.69, 9.17) is 10.5 Å². The minimum absolute atomic E-state index is 0. The predicted octanol–water partition coefficient (Wildman–Crippen LogP) is 0.409. The minimum atomic E-state index is 0. The molecular formula is C11H23ClN2O3. The van der Waals surface area contributed by atoms with Crippen LogP contribution in [0.25, 0.3) is 0 Å². The lowest BCUT2D eigenvalue weighted by Gasteiger charge is -2.36. The van der Waals surface area contributed by atoms with Crippen molar-refractivity contribution in [1.29, 1.82) is 0 Å². The van der Waals surface area contributed by atoms with Crippen molar-refractivity contribution < 1.29 is 14.3 Å². The molecule has 0 bridgehead atoms. The van der Waals surface area contributed by atoms with E-state index in [0.29, 0.717) is 13.1 Å². The second-order valence-corrected chi connectivity index (χ2v) is 4.13. The Morgan fingerprint density at radius 3 is 2.88 bits per heavy atom. The molecule has 2 N–H and O–H groups in total. The number of hydrogen-bond acceptors (Lipinski definition) is 5. The van der Waals surface area contributed by atoms with Crippen LogP contribution in [-0.2, 0) is 14.3 Å². The van der Waals surface area contributed by atoms with Gasteiger partial charge in [-0.25, -0.2) is 0 Å². The van der Waals surface area contributed by atoms with Crippen LogP contribution in [0.15, 0.2) is 0 Å². The molecule has 0 aromatic heterocycles. The molecule has 0 spiro atoms. The van der Waals surface area contributed by atoms with Crippen LogP contribution in [-0.4, -0.2) is 56.4 Å². The van der Waals surface area contributed by atoms with Gasteiger partial charge in [-0.1, -0.05) is 6.92 Å². The number of ether oxygens (including phenoxy) is 2. The number of rotatable bonds is 7. The van der Waals surface area contributed by atoms with E-state index < -0.39 is 0 Å². The zero-order chi connectivity index (χ0) is 11.8. The number of hydrogen-bond donors (Lipinski definition) is 1. The van der Waals surface area contributed by atoms with Gasteiger partial charge in [0.15, 0.2) is 0 Å². The van der Waals surface area contributed by atoms with Gasteiger partial charge in [0, 0.05) is 25.7 Å². The standard InChI is InChI=1S/C11H22N2O3.ClH/c1-2-6-16-11-8-13(4-3-10(11)12)5-7-15-9-14;/h9-11H,2-8,12H2,1H3;1H. The van der Waals surface area contributed by atoms with E-state index in [0.717, 1.165) is 39.1 Å². The summed E-state index contributed by atoms with van der Waals surface area (Å²) in [7, 11) is 0. The summed E-state index contributed by atoms with van der Waals surface area (Å²) >= 11 is 0. The summed E-state index contributed by atoms with van der Waals surface area (Å²) in [5, 5.41) is 0. The Labute approximate surface area is 109 Å². The second-order valence-electron chi connectivity index (χ2n) is 4.13. The highest BCUT2D eigenvalue weighted by atomic mass is 35.5.